The zero-order valence-corrected chi connectivity index (χ0v) is 21.6. The molecular weight excluding hydrogens is 450 g/mol. The molecule has 0 bridgehead atoms. The van der Waals surface area contributed by atoms with E-state index in [0.29, 0.717) is 30.1 Å². The highest BCUT2D eigenvalue weighted by molar-refractivity contribution is 5.69. The Kier molecular flexibility index (Phi) is 6.85. The van der Waals surface area contributed by atoms with Crippen LogP contribution >= 0.6 is 0 Å². The largest absolute Gasteiger partial charge is 0.328 e. The molecular formula is C28H35N7O. The van der Waals surface area contributed by atoms with Crippen LogP contribution in [0.4, 0.5) is 0 Å². The van der Waals surface area contributed by atoms with E-state index in [9.17, 15) is 4.79 Å². The third-order valence-corrected chi connectivity index (χ3v) is 7.75. The smallest absolute Gasteiger partial charge is 0.295 e. The first-order valence-corrected chi connectivity index (χ1v) is 13.1. The van der Waals surface area contributed by atoms with Gasteiger partial charge in [-0.1, -0.05) is 58.4 Å². The first-order chi connectivity index (χ1) is 17.5. The maximum absolute atomic E-state index is 13.8. The number of pyridine rings is 1. The molecule has 3 aromatic heterocycles. The van der Waals surface area contributed by atoms with Crippen molar-refractivity contribution in [3.05, 3.63) is 70.7 Å². The van der Waals surface area contributed by atoms with Crippen LogP contribution in [0.25, 0.3) is 22.5 Å². The van der Waals surface area contributed by atoms with Crippen molar-refractivity contribution in [3.63, 3.8) is 0 Å². The molecule has 1 saturated carbocycles. The number of H-pyrrole nitrogens is 1. The number of benzene rings is 1. The second kappa shape index (κ2) is 10.2. The molecule has 188 valence electrons. The number of imidazole rings is 1. The average Bonchev–Trinajstić information content (AvgIpc) is 3.51. The fourth-order valence-corrected chi connectivity index (χ4v) is 5.66. The van der Waals surface area contributed by atoms with Gasteiger partial charge in [0.05, 0.1) is 6.54 Å². The number of tetrazole rings is 1. The highest BCUT2D eigenvalue weighted by atomic mass is 16.1. The van der Waals surface area contributed by atoms with Crippen LogP contribution < -0.4 is 5.69 Å². The highest BCUT2D eigenvalue weighted by Crippen LogP contribution is 2.47. The van der Waals surface area contributed by atoms with Crippen LogP contribution in [0.2, 0.25) is 0 Å². The number of unbranched alkanes of at least 4 members (excludes halogenated alkanes) is 1. The minimum absolute atomic E-state index is 0.102. The van der Waals surface area contributed by atoms with Crippen LogP contribution in [0, 0.1) is 17.8 Å². The van der Waals surface area contributed by atoms with Crippen molar-refractivity contribution >= 4 is 0 Å². The molecule has 1 aromatic carbocycles. The van der Waals surface area contributed by atoms with Crippen LogP contribution in [0.15, 0.2) is 53.7 Å². The molecule has 3 atom stereocenters. The number of aryl methyl sites for hydroxylation is 1. The fraction of sp³-hybridized carbons (Fsp3) is 0.464. The van der Waals surface area contributed by atoms with Gasteiger partial charge in [0.25, 0.3) is 0 Å². The van der Waals surface area contributed by atoms with E-state index >= 15 is 0 Å². The summed E-state index contributed by atoms with van der Waals surface area (Å²) in [5.74, 6) is 2.21. The van der Waals surface area contributed by atoms with Gasteiger partial charge in [-0.3, -0.25) is 14.1 Å². The molecule has 5 rings (SSSR count). The summed E-state index contributed by atoms with van der Waals surface area (Å²) >= 11 is 0. The van der Waals surface area contributed by atoms with Crippen molar-refractivity contribution in [2.45, 2.75) is 66.0 Å². The van der Waals surface area contributed by atoms with Crippen LogP contribution in [0.5, 0.6) is 0 Å². The number of aromatic nitrogens is 7. The normalized spacial score (nSPS) is 19.5. The van der Waals surface area contributed by atoms with Crippen molar-refractivity contribution in [2.75, 3.05) is 0 Å². The molecule has 1 aliphatic rings. The van der Waals surface area contributed by atoms with Gasteiger partial charge >= 0.3 is 5.69 Å². The molecule has 0 spiro atoms. The number of nitrogens with zero attached hydrogens (tertiary/aromatic N) is 6. The number of nitrogens with one attached hydrogen (secondary N) is 1. The van der Waals surface area contributed by atoms with Crippen molar-refractivity contribution in [1.29, 1.82) is 0 Å². The Morgan fingerprint density at radius 3 is 2.58 bits per heavy atom. The van der Waals surface area contributed by atoms with E-state index < -0.39 is 0 Å². The predicted molar refractivity (Wildman–Crippen MR) is 140 cm³/mol. The van der Waals surface area contributed by atoms with Gasteiger partial charge in [-0.15, -0.1) is 10.2 Å². The molecule has 0 radical (unpaired) electrons. The Hall–Kier alpha value is -3.55. The molecule has 1 fully saturated rings. The molecule has 1 aliphatic carbocycles. The Morgan fingerprint density at radius 2 is 1.92 bits per heavy atom. The van der Waals surface area contributed by atoms with Crippen molar-refractivity contribution in [3.8, 4) is 22.5 Å². The summed E-state index contributed by atoms with van der Waals surface area (Å²) in [6, 6.07) is 10.4. The molecule has 3 unspecified atom stereocenters. The lowest BCUT2D eigenvalue weighted by molar-refractivity contribution is 0.0538. The Morgan fingerprint density at radius 1 is 1.14 bits per heavy atom. The van der Waals surface area contributed by atoms with Crippen LogP contribution in [0.1, 0.15) is 64.3 Å². The quantitative estimate of drug-likeness (QED) is 0.354. The predicted octanol–water partition coefficient (Wildman–Crippen LogP) is 5.14. The zero-order chi connectivity index (χ0) is 25.2. The maximum Gasteiger partial charge on any atom is 0.328 e. The second-order valence-electron chi connectivity index (χ2n) is 10.5. The van der Waals surface area contributed by atoms with Gasteiger partial charge in [-0.05, 0) is 65.0 Å². The summed E-state index contributed by atoms with van der Waals surface area (Å²) in [6.07, 6.45) is 10.1. The van der Waals surface area contributed by atoms with Gasteiger partial charge in [0.15, 0.2) is 0 Å². The van der Waals surface area contributed by atoms with E-state index in [1.165, 1.54) is 6.42 Å². The lowest BCUT2D eigenvalue weighted by Gasteiger charge is -2.45. The van der Waals surface area contributed by atoms with E-state index in [0.717, 1.165) is 47.2 Å². The first-order valence-electron chi connectivity index (χ1n) is 13.1. The summed E-state index contributed by atoms with van der Waals surface area (Å²) in [5, 5.41) is 14.3. The maximum atomic E-state index is 13.8. The van der Waals surface area contributed by atoms with Gasteiger partial charge in [-0.2, -0.15) is 5.21 Å². The molecule has 0 aliphatic heterocycles. The minimum atomic E-state index is 0.102. The van der Waals surface area contributed by atoms with E-state index in [1.54, 1.807) is 6.20 Å². The minimum Gasteiger partial charge on any atom is -0.295 e. The molecule has 8 nitrogen and oxygen atoms in total. The van der Waals surface area contributed by atoms with Crippen LogP contribution in [-0.4, -0.2) is 34.7 Å². The van der Waals surface area contributed by atoms with Crippen molar-refractivity contribution in [1.82, 2.24) is 34.7 Å². The van der Waals surface area contributed by atoms with E-state index in [-0.39, 0.29) is 11.7 Å². The summed E-state index contributed by atoms with van der Waals surface area (Å²) in [4.78, 5) is 18.2. The van der Waals surface area contributed by atoms with Gasteiger partial charge < -0.3 is 0 Å². The molecule has 36 heavy (non-hydrogen) atoms. The standard InChI is InChI=1S/C28H35N7O/c1-5-6-7-23-17-35(26-19(4)14-25(26)18(2)3)28(36)34(23)16-22-15-29-13-12-24(22)20-8-10-21(11-9-20)27-30-32-33-31-27/h8-13,15,17-19,25-26H,5-7,14,16H2,1-4H3,(H,30,31,32,33). The Bertz CT molecular complexity index is 1350. The van der Waals surface area contributed by atoms with Gasteiger partial charge in [-0.25, -0.2) is 4.79 Å². The molecule has 0 saturated heterocycles. The van der Waals surface area contributed by atoms with Crippen LogP contribution in [0.3, 0.4) is 0 Å². The SMILES string of the molecule is CCCCc1cn(C2C(C)CC2C(C)C)c(=O)n1Cc1cnccc1-c1ccc(-c2nn[nH]n2)cc1. The fourth-order valence-electron chi connectivity index (χ4n) is 5.66. The van der Waals surface area contributed by atoms with Crippen molar-refractivity contribution < 1.29 is 0 Å². The third kappa shape index (κ3) is 4.52. The number of rotatable bonds is 9. The summed E-state index contributed by atoms with van der Waals surface area (Å²) in [7, 11) is 0. The topological polar surface area (TPSA) is 94.3 Å². The molecule has 8 heteroatoms. The monoisotopic (exact) mass is 485 g/mol. The van der Waals surface area contributed by atoms with E-state index in [2.05, 4.69) is 71.6 Å². The Labute approximate surface area is 211 Å². The lowest BCUT2D eigenvalue weighted by atomic mass is 9.66. The average molecular weight is 486 g/mol. The molecule has 3 heterocycles. The molecule has 1 N–H and O–H groups in total. The lowest BCUT2D eigenvalue weighted by Crippen LogP contribution is -2.44. The third-order valence-electron chi connectivity index (χ3n) is 7.75. The molecule has 4 aromatic rings. The van der Waals surface area contributed by atoms with Crippen molar-refractivity contribution in [2.24, 2.45) is 17.8 Å². The summed E-state index contributed by atoms with van der Waals surface area (Å²) < 4.78 is 4.02. The summed E-state index contributed by atoms with van der Waals surface area (Å²) in [6.45, 7) is 9.52. The van der Waals surface area contributed by atoms with Gasteiger partial charge in [0, 0.05) is 35.9 Å². The van der Waals surface area contributed by atoms with Gasteiger partial charge in [0.1, 0.15) is 0 Å². The number of hydrogen-bond acceptors (Lipinski definition) is 5. The highest BCUT2D eigenvalue weighted by Gasteiger charge is 2.42. The van der Waals surface area contributed by atoms with Gasteiger partial charge in [0.2, 0.25) is 5.82 Å². The summed E-state index contributed by atoms with van der Waals surface area (Å²) in [5.41, 5.74) is 5.28. The second-order valence-corrected chi connectivity index (χ2v) is 10.5. The van der Waals surface area contributed by atoms with Crippen LogP contribution in [-0.2, 0) is 13.0 Å². The Balaban J connectivity index is 1.49. The first kappa shape index (κ1) is 24.2. The van der Waals surface area contributed by atoms with E-state index in [4.69, 9.17) is 0 Å². The number of aromatic amines is 1. The molecule has 0 amide bonds. The van der Waals surface area contributed by atoms with E-state index in [1.807, 2.05) is 33.5 Å². The number of hydrogen-bond donors (Lipinski definition) is 1. The zero-order valence-electron chi connectivity index (χ0n) is 21.6.